The number of methoxy groups -OCH3 is 2. The van der Waals surface area contributed by atoms with Gasteiger partial charge in [-0.2, -0.15) is 0 Å². The molecular weight excluding hydrogens is 268 g/mol. The highest BCUT2D eigenvalue weighted by Crippen LogP contribution is 2.33. The van der Waals surface area contributed by atoms with Crippen molar-refractivity contribution in [3.8, 4) is 0 Å². The summed E-state index contributed by atoms with van der Waals surface area (Å²) in [5, 5.41) is 0.624. The average molecular weight is 283 g/mol. The first-order valence-corrected chi connectivity index (χ1v) is 6.37. The van der Waals surface area contributed by atoms with E-state index in [1.54, 1.807) is 6.07 Å². The molecule has 5 heteroatoms. The largest absolute Gasteiger partial charge is 0.469 e. The highest BCUT2D eigenvalue weighted by Gasteiger charge is 2.39. The minimum absolute atomic E-state index is 0.379. The third-order valence-corrected chi connectivity index (χ3v) is 3.78. The summed E-state index contributed by atoms with van der Waals surface area (Å²) in [4.78, 5) is 23.6. The van der Waals surface area contributed by atoms with Gasteiger partial charge in [0, 0.05) is 5.02 Å². The lowest BCUT2D eigenvalue weighted by Gasteiger charge is -2.29. The lowest BCUT2D eigenvalue weighted by molar-refractivity contribution is -0.158. The molecule has 102 valence electrons. The highest BCUT2D eigenvalue weighted by atomic mass is 35.5. The van der Waals surface area contributed by atoms with Crippen molar-refractivity contribution in [2.45, 2.75) is 12.8 Å². The van der Waals surface area contributed by atoms with Gasteiger partial charge in [0.2, 0.25) is 0 Å². The first-order chi connectivity index (χ1) is 9.06. The molecule has 0 aromatic heterocycles. The number of carbonyl (C=O) groups excluding carboxylic acids is 2. The van der Waals surface area contributed by atoms with E-state index in [2.05, 4.69) is 0 Å². The molecule has 0 saturated heterocycles. The van der Waals surface area contributed by atoms with Gasteiger partial charge in [0.15, 0.2) is 0 Å². The van der Waals surface area contributed by atoms with Crippen LogP contribution < -0.4 is 0 Å². The third kappa shape index (κ3) is 2.73. The van der Waals surface area contributed by atoms with Crippen molar-refractivity contribution in [3.63, 3.8) is 0 Å². The predicted octanol–water partition coefficient (Wildman–Crippen LogP) is 2.02. The molecule has 0 saturated carbocycles. The molecule has 0 spiro atoms. The Balaban J connectivity index is 2.36. The first-order valence-electron chi connectivity index (χ1n) is 5.99. The summed E-state index contributed by atoms with van der Waals surface area (Å²) < 4.78 is 9.56. The minimum Gasteiger partial charge on any atom is -0.469 e. The molecule has 1 aliphatic rings. The fraction of sp³-hybridized carbons (Fsp3) is 0.429. The van der Waals surface area contributed by atoms with Crippen molar-refractivity contribution < 1.29 is 19.1 Å². The molecule has 19 heavy (non-hydrogen) atoms. The van der Waals surface area contributed by atoms with E-state index in [0.717, 1.165) is 11.1 Å². The number of halogens is 1. The number of hydrogen-bond acceptors (Lipinski definition) is 4. The van der Waals surface area contributed by atoms with Crippen molar-refractivity contribution in [2.75, 3.05) is 14.2 Å². The zero-order valence-corrected chi connectivity index (χ0v) is 11.6. The Labute approximate surface area is 116 Å². The van der Waals surface area contributed by atoms with E-state index in [1.165, 1.54) is 14.2 Å². The molecule has 2 rings (SSSR count). The minimum atomic E-state index is -0.511. The molecular formula is C14H15ClO4. The summed E-state index contributed by atoms with van der Waals surface area (Å²) in [6.45, 7) is 0. The van der Waals surface area contributed by atoms with Crippen LogP contribution in [-0.4, -0.2) is 26.2 Å². The van der Waals surface area contributed by atoms with Gasteiger partial charge in [-0.15, -0.1) is 0 Å². The molecule has 1 aliphatic carbocycles. The van der Waals surface area contributed by atoms with Crippen LogP contribution in [0.15, 0.2) is 18.2 Å². The Hall–Kier alpha value is -1.55. The molecule has 2 atom stereocenters. The fourth-order valence-corrected chi connectivity index (χ4v) is 2.73. The standard InChI is InChI=1S/C14H15ClO4/c1-18-13(16)11-6-8-3-4-10(15)5-9(8)7-12(11)14(17)19-2/h3-5,11-12H,6-7H2,1-2H3/t11-,12-/m1/s1. The summed E-state index contributed by atoms with van der Waals surface area (Å²) >= 11 is 5.96. The second kappa shape index (κ2) is 5.61. The van der Waals surface area contributed by atoms with Crippen LogP contribution in [0.1, 0.15) is 11.1 Å². The Morgan fingerprint density at radius 1 is 1.05 bits per heavy atom. The molecule has 0 amide bonds. The topological polar surface area (TPSA) is 52.6 Å². The maximum absolute atomic E-state index is 11.8. The van der Waals surface area contributed by atoms with E-state index in [-0.39, 0.29) is 11.9 Å². The second-order valence-corrected chi connectivity index (χ2v) is 5.02. The van der Waals surface area contributed by atoms with Gasteiger partial charge in [-0.3, -0.25) is 9.59 Å². The molecule has 0 aliphatic heterocycles. The van der Waals surface area contributed by atoms with Crippen molar-refractivity contribution >= 4 is 23.5 Å². The average Bonchev–Trinajstić information content (AvgIpc) is 2.44. The van der Waals surface area contributed by atoms with Crippen molar-refractivity contribution in [1.29, 1.82) is 0 Å². The molecule has 0 heterocycles. The maximum atomic E-state index is 11.8. The number of fused-ring (bicyclic) bond motifs is 1. The molecule has 0 fully saturated rings. The quantitative estimate of drug-likeness (QED) is 0.779. The number of benzene rings is 1. The fourth-order valence-electron chi connectivity index (χ4n) is 2.54. The Kier molecular flexibility index (Phi) is 4.10. The van der Waals surface area contributed by atoms with E-state index in [0.29, 0.717) is 17.9 Å². The van der Waals surface area contributed by atoms with Gasteiger partial charge in [-0.1, -0.05) is 17.7 Å². The number of carbonyl (C=O) groups is 2. The van der Waals surface area contributed by atoms with Gasteiger partial charge < -0.3 is 9.47 Å². The van der Waals surface area contributed by atoms with Gasteiger partial charge in [0.25, 0.3) is 0 Å². The summed E-state index contributed by atoms with van der Waals surface area (Å²) in [5.74, 6) is -1.77. The van der Waals surface area contributed by atoms with Crippen LogP contribution in [0.3, 0.4) is 0 Å². The van der Waals surface area contributed by atoms with E-state index in [9.17, 15) is 9.59 Å². The molecule has 0 unspecified atom stereocenters. The summed E-state index contributed by atoms with van der Waals surface area (Å²) in [6, 6.07) is 5.51. The van der Waals surface area contributed by atoms with Crippen molar-refractivity contribution in [1.82, 2.24) is 0 Å². The van der Waals surface area contributed by atoms with E-state index in [4.69, 9.17) is 21.1 Å². The van der Waals surface area contributed by atoms with Gasteiger partial charge in [0.1, 0.15) is 0 Å². The summed E-state index contributed by atoms with van der Waals surface area (Å²) in [5.41, 5.74) is 2.02. The lowest BCUT2D eigenvalue weighted by atomic mass is 9.76. The van der Waals surface area contributed by atoms with E-state index >= 15 is 0 Å². The van der Waals surface area contributed by atoms with Crippen LogP contribution in [0.4, 0.5) is 0 Å². The SMILES string of the molecule is COC(=O)[C@@H]1Cc2ccc(Cl)cc2C[C@H]1C(=O)OC. The number of hydrogen-bond donors (Lipinski definition) is 0. The van der Waals surface area contributed by atoms with Crippen LogP contribution in [-0.2, 0) is 31.9 Å². The first kappa shape index (κ1) is 13.9. The van der Waals surface area contributed by atoms with E-state index < -0.39 is 11.8 Å². The van der Waals surface area contributed by atoms with Crippen LogP contribution in [0.2, 0.25) is 5.02 Å². The van der Waals surface area contributed by atoms with Gasteiger partial charge in [-0.25, -0.2) is 0 Å². The van der Waals surface area contributed by atoms with Crippen LogP contribution in [0.25, 0.3) is 0 Å². The van der Waals surface area contributed by atoms with Gasteiger partial charge in [-0.05, 0) is 36.1 Å². The van der Waals surface area contributed by atoms with Gasteiger partial charge >= 0.3 is 11.9 Å². The highest BCUT2D eigenvalue weighted by molar-refractivity contribution is 6.30. The number of ether oxygens (including phenoxy) is 2. The zero-order chi connectivity index (χ0) is 14.0. The molecule has 1 aromatic rings. The van der Waals surface area contributed by atoms with Crippen molar-refractivity contribution in [2.24, 2.45) is 11.8 Å². The Morgan fingerprint density at radius 2 is 1.58 bits per heavy atom. The van der Waals surface area contributed by atoms with E-state index in [1.807, 2.05) is 12.1 Å². The van der Waals surface area contributed by atoms with Crippen LogP contribution in [0, 0.1) is 11.8 Å². The Morgan fingerprint density at radius 3 is 2.11 bits per heavy atom. The monoisotopic (exact) mass is 282 g/mol. The normalized spacial score (nSPS) is 21.4. The molecule has 0 N–H and O–H groups in total. The molecule has 4 nitrogen and oxygen atoms in total. The smallest absolute Gasteiger partial charge is 0.309 e. The summed E-state index contributed by atoms with van der Waals surface area (Å²) in [7, 11) is 2.65. The number of rotatable bonds is 2. The lowest BCUT2D eigenvalue weighted by Crippen LogP contribution is -2.37. The van der Waals surface area contributed by atoms with Crippen LogP contribution in [0.5, 0.6) is 0 Å². The maximum Gasteiger partial charge on any atom is 0.309 e. The molecule has 0 radical (unpaired) electrons. The molecule has 0 bridgehead atoms. The summed E-state index contributed by atoms with van der Waals surface area (Å²) in [6.07, 6.45) is 0.918. The molecule has 1 aromatic carbocycles. The van der Waals surface area contributed by atoms with Gasteiger partial charge in [0.05, 0.1) is 26.1 Å². The predicted molar refractivity (Wildman–Crippen MR) is 69.9 cm³/mol. The second-order valence-electron chi connectivity index (χ2n) is 4.58. The Bertz CT molecular complexity index is 512. The zero-order valence-electron chi connectivity index (χ0n) is 10.8. The van der Waals surface area contributed by atoms with Crippen LogP contribution >= 0.6 is 11.6 Å². The number of esters is 2. The van der Waals surface area contributed by atoms with Crippen molar-refractivity contribution in [3.05, 3.63) is 34.3 Å². The third-order valence-electron chi connectivity index (χ3n) is 3.54.